The Bertz CT molecular complexity index is 584. The molecule has 3 N–H and O–H groups in total. The molecular weight excluding hydrogens is 276 g/mol. The number of nitrogens with one attached hydrogen (secondary N) is 1. The van der Waals surface area contributed by atoms with Gasteiger partial charge in [0.05, 0.1) is 11.5 Å². The highest BCUT2D eigenvalue weighted by atomic mass is 32.2. The fourth-order valence-corrected chi connectivity index (χ4v) is 4.25. The van der Waals surface area contributed by atoms with Crippen LogP contribution in [0.3, 0.4) is 0 Å². The molecule has 1 aromatic rings. The summed E-state index contributed by atoms with van der Waals surface area (Å²) in [7, 11) is -2.87. The van der Waals surface area contributed by atoms with Gasteiger partial charge in [-0.15, -0.1) is 0 Å². The van der Waals surface area contributed by atoms with Crippen molar-refractivity contribution >= 4 is 21.4 Å². The zero-order chi connectivity index (χ0) is 14.6. The van der Waals surface area contributed by atoms with Crippen molar-refractivity contribution in [2.45, 2.75) is 19.3 Å². The summed E-state index contributed by atoms with van der Waals surface area (Å²) in [5.74, 6) is 0.465. The van der Waals surface area contributed by atoms with E-state index < -0.39 is 9.84 Å². The van der Waals surface area contributed by atoms with Crippen LogP contribution < -0.4 is 11.1 Å². The minimum atomic E-state index is -2.87. The van der Waals surface area contributed by atoms with E-state index >= 15 is 0 Å². The fourth-order valence-electron chi connectivity index (χ4n) is 2.39. The topological polar surface area (TPSA) is 89.3 Å². The highest BCUT2D eigenvalue weighted by Crippen LogP contribution is 2.17. The molecule has 0 aromatic heterocycles. The van der Waals surface area contributed by atoms with Gasteiger partial charge in [-0.1, -0.05) is 12.1 Å². The molecule has 0 aliphatic carbocycles. The van der Waals surface area contributed by atoms with Gasteiger partial charge in [-0.2, -0.15) is 0 Å². The molecule has 20 heavy (non-hydrogen) atoms. The first-order chi connectivity index (χ1) is 9.44. The molecule has 1 atom stereocenters. The largest absolute Gasteiger partial charge is 0.399 e. The zero-order valence-electron chi connectivity index (χ0n) is 11.3. The van der Waals surface area contributed by atoms with E-state index in [2.05, 4.69) is 5.32 Å². The first kappa shape index (κ1) is 14.8. The lowest BCUT2D eigenvalue weighted by Gasteiger charge is -2.09. The average Bonchev–Trinajstić information content (AvgIpc) is 2.74. The van der Waals surface area contributed by atoms with E-state index in [0.29, 0.717) is 31.5 Å². The van der Waals surface area contributed by atoms with Crippen LogP contribution in [0.25, 0.3) is 0 Å². The molecule has 1 saturated heterocycles. The van der Waals surface area contributed by atoms with E-state index in [9.17, 15) is 13.2 Å². The Morgan fingerprint density at radius 1 is 1.40 bits per heavy atom. The number of hydrogen-bond donors (Lipinski definition) is 2. The number of aryl methyl sites for hydroxylation is 1. The maximum absolute atomic E-state index is 11.7. The molecule has 1 aliphatic heterocycles. The van der Waals surface area contributed by atoms with Crippen molar-refractivity contribution in [2.24, 2.45) is 5.92 Å². The Hall–Kier alpha value is -1.56. The number of anilines is 1. The van der Waals surface area contributed by atoms with Crippen LogP contribution in [-0.4, -0.2) is 32.4 Å². The van der Waals surface area contributed by atoms with Crippen molar-refractivity contribution in [2.75, 3.05) is 23.8 Å². The summed E-state index contributed by atoms with van der Waals surface area (Å²) in [6.07, 6.45) is 1.68. The minimum absolute atomic E-state index is 0.0447. The molecule has 0 bridgehead atoms. The van der Waals surface area contributed by atoms with Crippen LogP contribution in [0.2, 0.25) is 0 Å². The standard InChI is InChI=1S/C14H20N2O3S/c15-13-3-1-2-11(8-13)4-5-14(17)16-9-12-6-7-20(18,19)10-12/h1-3,8,12H,4-7,9-10,15H2,(H,16,17). The van der Waals surface area contributed by atoms with Crippen molar-refractivity contribution < 1.29 is 13.2 Å². The van der Waals surface area contributed by atoms with E-state index in [-0.39, 0.29) is 23.3 Å². The van der Waals surface area contributed by atoms with Gasteiger partial charge in [0.25, 0.3) is 0 Å². The normalized spacial score (nSPS) is 20.7. The van der Waals surface area contributed by atoms with Crippen molar-refractivity contribution in [1.82, 2.24) is 5.32 Å². The number of sulfone groups is 1. The molecule has 0 saturated carbocycles. The number of nitrogens with two attached hydrogens (primary N) is 1. The second kappa shape index (κ2) is 6.26. The third-order valence-corrected chi connectivity index (χ3v) is 5.34. The number of nitrogen functional groups attached to an aromatic ring is 1. The second-order valence-corrected chi connectivity index (χ2v) is 7.55. The summed E-state index contributed by atoms with van der Waals surface area (Å²) in [5.41, 5.74) is 7.40. The predicted octanol–water partition coefficient (Wildman–Crippen LogP) is 0.752. The lowest BCUT2D eigenvalue weighted by molar-refractivity contribution is -0.121. The zero-order valence-corrected chi connectivity index (χ0v) is 12.2. The van der Waals surface area contributed by atoms with Crippen molar-refractivity contribution in [3.8, 4) is 0 Å². The van der Waals surface area contributed by atoms with Gasteiger partial charge < -0.3 is 11.1 Å². The molecule has 1 aromatic carbocycles. The van der Waals surface area contributed by atoms with E-state index in [4.69, 9.17) is 5.73 Å². The van der Waals surface area contributed by atoms with E-state index in [0.717, 1.165) is 5.56 Å². The monoisotopic (exact) mass is 296 g/mol. The maximum Gasteiger partial charge on any atom is 0.220 e. The van der Waals surface area contributed by atoms with Crippen LogP contribution in [0, 0.1) is 5.92 Å². The van der Waals surface area contributed by atoms with Crippen LogP contribution in [-0.2, 0) is 21.1 Å². The van der Waals surface area contributed by atoms with Gasteiger partial charge in [-0.05, 0) is 36.5 Å². The molecule has 5 nitrogen and oxygen atoms in total. The minimum Gasteiger partial charge on any atom is -0.399 e. The smallest absolute Gasteiger partial charge is 0.220 e. The van der Waals surface area contributed by atoms with Gasteiger partial charge in [-0.25, -0.2) is 8.42 Å². The van der Waals surface area contributed by atoms with Crippen LogP contribution >= 0.6 is 0 Å². The van der Waals surface area contributed by atoms with E-state index in [1.165, 1.54) is 0 Å². The lowest BCUT2D eigenvalue weighted by Crippen LogP contribution is -2.29. The Kier molecular flexibility index (Phi) is 4.65. The molecule has 1 unspecified atom stereocenters. The maximum atomic E-state index is 11.7. The summed E-state index contributed by atoms with van der Waals surface area (Å²) in [6.45, 7) is 0.453. The van der Waals surface area contributed by atoms with Gasteiger partial charge in [0.2, 0.25) is 5.91 Å². The molecule has 2 rings (SSSR count). The van der Waals surface area contributed by atoms with Gasteiger partial charge >= 0.3 is 0 Å². The van der Waals surface area contributed by atoms with Crippen LogP contribution in [0.1, 0.15) is 18.4 Å². The summed E-state index contributed by atoms with van der Waals surface area (Å²) in [4.78, 5) is 11.7. The quantitative estimate of drug-likeness (QED) is 0.785. The number of carbonyl (C=O) groups is 1. The van der Waals surface area contributed by atoms with Gasteiger partial charge in [0.1, 0.15) is 0 Å². The number of hydrogen-bond acceptors (Lipinski definition) is 4. The van der Waals surface area contributed by atoms with E-state index in [1.54, 1.807) is 0 Å². The van der Waals surface area contributed by atoms with Crippen molar-refractivity contribution in [3.05, 3.63) is 29.8 Å². The van der Waals surface area contributed by atoms with Crippen molar-refractivity contribution in [1.29, 1.82) is 0 Å². The van der Waals surface area contributed by atoms with Gasteiger partial charge in [0, 0.05) is 18.7 Å². The molecule has 1 amide bonds. The Balaban J connectivity index is 1.71. The van der Waals surface area contributed by atoms with Crippen LogP contribution in [0.15, 0.2) is 24.3 Å². The molecule has 1 fully saturated rings. The van der Waals surface area contributed by atoms with Crippen LogP contribution in [0.5, 0.6) is 0 Å². The number of amides is 1. The molecule has 110 valence electrons. The molecule has 1 aliphatic rings. The second-order valence-electron chi connectivity index (χ2n) is 5.32. The molecular formula is C14H20N2O3S. The summed E-state index contributed by atoms with van der Waals surface area (Å²) in [5, 5.41) is 2.81. The first-order valence-corrected chi connectivity index (χ1v) is 8.58. The first-order valence-electron chi connectivity index (χ1n) is 6.76. The Morgan fingerprint density at radius 2 is 2.20 bits per heavy atom. The summed E-state index contributed by atoms with van der Waals surface area (Å²) in [6, 6.07) is 7.47. The van der Waals surface area contributed by atoms with Crippen LogP contribution in [0.4, 0.5) is 5.69 Å². The average molecular weight is 296 g/mol. The summed E-state index contributed by atoms with van der Waals surface area (Å²) < 4.78 is 22.6. The molecule has 1 heterocycles. The molecule has 0 spiro atoms. The van der Waals surface area contributed by atoms with Gasteiger partial charge in [0.15, 0.2) is 9.84 Å². The third-order valence-electron chi connectivity index (χ3n) is 3.51. The number of carbonyl (C=O) groups excluding carboxylic acids is 1. The highest BCUT2D eigenvalue weighted by molar-refractivity contribution is 7.91. The highest BCUT2D eigenvalue weighted by Gasteiger charge is 2.27. The molecule has 6 heteroatoms. The van der Waals surface area contributed by atoms with Gasteiger partial charge in [-0.3, -0.25) is 4.79 Å². The van der Waals surface area contributed by atoms with Crippen molar-refractivity contribution in [3.63, 3.8) is 0 Å². The van der Waals surface area contributed by atoms with E-state index in [1.807, 2.05) is 24.3 Å². The SMILES string of the molecule is Nc1cccc(CCC(=O)NCC2CCS(=O)(=O)C2)c1. The lowest BCUT2D eigenvalue weighted by atomic mass is 10.1. The number of benzene rings is 1. The fraction of sp³-hybridized carbons (Fsp3) is 0.500. The molecule has 0 radical (unpaired) electrons. The summed E-state index contributed by atoms with van der Waals surface area (Å²) >= 11 is 0. The number of rotatable bonds is 5. The predicted molar refractivity (Wildman–Crippen MR) is 78.9 cm³/mol. The third kappa shape index (κ3) is 4.52. The Labute approximate surface area is 119 Å². The Morgan fingerprint density at radius 3 is 2.85 bits per heavy atom.